The maximum atomic E-state index is 14.8. The number of nitrogens with zero attached hydrogens (tertiary/aromatic N) is 2. The number of carbonyl (C=O) groups excluding carboxylic acids is 2. The van der Waals surface area contributed by atoms with Gasteiger partial charge in [0.05, 0.1) is 24.7 Å². The number of nitrogens with two attached hydrogens (primary N) is 1. The molecule has 9 nitrogen and oxygen atoms in total. The number of pyridine rings is 1. The molecule has 3 atom stereocenters. The average molecular weight is 486 g/mol. The van der Waals surface area contributed by atoms with Crippen LogP contribution in [0.3, 0.4) is 0 Å². The third-order valence-electron chi connectivity index (χ3n) is 6.17. The zero-order chi connectivity index (χ0) is 25.1. The second-order valence-electron chi connectivity index (χ2n) is 9.03. The van der Waals surface area contributed by atoms with Crippen LogP contribution in [0.4, 0.5) is 14.6 Å². The van der Waals surface area contributed by atoms with E-state index in [9.17, 15) is 18.4 Å². The van der Waals surface area contributed by atoms with Crippen molar-refractivity contribution in [3.05, 3.63) is 70.9 Å². The van der Waals surface area contributed by atoms with Gasteiger partial charge in [0.25, 0.3) is 0 Å². The second kappa shape index (κ2) is 10.3. The van der Waals surface area contributed by atoms with Crippen molar-refractivity contribution >= 4 is 17.6 Å². The highest BCUT2D eigenvalue weighted by Crippen LogP contribution is 2.29. The molecule has 0 saturated carbocycles. The smallest absolute Gasteiger partial charge is 0.243 e. The topological polar surface area (TPSA) is 124 Å². The van der Waals surface area contributed by atoms with Gasteiger partial charge in [0.15, 0.2) is 0 Å². The first-order valence-corrected chi connectivity index (χ1v) is 11.4. The van der Waals surface area contributed by atoms with Gasteiger partial charge in [-0.25, -0.2) is 13.8 Å². The highest BCUT2D eigenvalue weighted by Gasteiger charge is 2.40. The van der Waals surface area contributed by atoms with E-state index in [1.807, 2.05) is 13.8 Å². The van der Waals surface area contributed by atoms with Crippen LogP contribution in [0, 0.1) is 5.82 Å². The number of benzene rings is 1. The molecule has 11 heteroatoms. The fourth-order valence-electron chi connectivity index (χ4n) is 4.32. The van der Waals surface area contributed by atoms with Crippen molar-refractivity contribution in [2.24, 2.45) is 0 Å². The Morgan fingerprint density at radius 3 is 2.66 bits per heavy atom. The fraction of sp³-hybridized carbons (Fsp3) is 0.375. The Morgan fingerprint density at radius 2 is 2.03 bits per heavy atom. The molecule has 35 heavy (non-hydrogen) atoms. The Morgan fingerprint density at radius 1 is 1.26 bits per heavy atom. The molecular formula is C24H29F2N7O2. The standard InChI is InChI=1S/C24H29F2N7O2/c1-13(2)18-5-3-14(7-19(18)26)23(15-4-6-21(27)28-10-15)30-24(35)20-8-16(25)12-33(20)22(34)9-17-11-29-32-31-17/h3-7,10-11,13,16,20,23,29,31-32H,8-9,12H2,1-2H3,(H2,27,28)(H,30,35)/t16-,20+,23?/m1/s1. The number of carbonyl (C=O) groups is 2. The molecule has 2 amide bonds. The summed E-state index contributed by atoms with van der Waals surface area (Å²) in [7, 11) is 0. The largest absolute Gasteiger partial charge is 0.384 e. The molecule has 3 heterocycles. The van der Waals surface area contributed by atoms with Gasteiger partial charge >= 0.3 is 0 Å². The molecule has 6 N–H and O–H groups in total. The number of nitrogen functional groups attached to an aromatic ring is 1. The molecular weight excluding hydrogens is 456 g/mol. The number of hydrogen-bond acceptors (Lipinski definition) is 7. The van der Waals surface area contributed by atoms with Crippen LogP contribution in [0.25, 0.3) is 0 Å². The van der Waals surface area contributed by atoms with E-state index in [1.54, 1.807) is 30.5 Å². The molecule has 0 aliphatic carbocycles. The van der Waals surface area contributed by atoms with Crippen LogP contribution >= 0.6 is 0 Å². The third kappa shape index (κ3) is 5.51. The maximum absolute atomic E-state index is 14.8. The maximum Gasteiger partial charge on any atom is 0.243 e. The first-order chi connectivity index (χ1) is 16.7. The summed E-state index contributed by atoms with van der Waals surface area (Å²) in [6.07, 6.45) is 1.62. The summed E-state index contributed by atoms with van der Waals surface area (Å²) in [5.41, 5.74) is 16.0. The van der Waals surface area contributed by atoms with Crippen LogP contribution in [0.2, 0.25) is 0 Å². The quantitative estimate of drug-likeness (QED) is 0.406. The molecule has 1 aromatic heterocycles. The molecule has 1 aromatic carbocycles. The minimum absolute atomic E-state index is 0.00954. The Kier molecular flexibility index (Phi) is 7.15. The van der Waals surface area contributed by atoms with Gasteiger partial charge in [0, 0.05) is 18.8 Å². The van der Waals surface area contributed by atoms with Crippen molar-refractivity contribution in [3.63, 3.8) is 0 Å². The number of anilines is 1. The van der Waals surface area contributed by atoms with E-state index < -0.39 is 24.2 Å². The van der Waals surface area contributed by atoms with Gasteiger partial charge < -0.3 is 26.8 Å². The van der Waals surface area contributed by atoms with Crippen molar-refractivity contribution in [3.8, 4) is 0 Å². The predicted octanol–water partition coefficient (Wildman–Crippen LogP) is 1.91. The molecule has 2 aliphatic heterocycles. The zero-order valence-corrected chi connectivity index (χ0v) is 19.5. The van der Waals surface area contributed by atoms with E-state index in [2.05, 4.69) is 26.7 Å². The van der Waals surface area contributed by atoms with Crippen molar-refractivity contribution in [2.75, 3.05) is 12.3 Å². The third-order valence-corrected chi connectivity index (χ3v) is 6.17. The van der Waals surface area contributed by atoms with Gasteiger partial charge in [0.2, 0.25) is 11.8 Å². The Bertz CT molecular complexity index is 1120. The number of aromatic nitrogens is 1. The lowest BCUT2D eigenvalue weighted by atomic mass is 9.95. The Hall–Kier alpha value is -3.73. The highest BCUT2D eigenvalue weighted by atomic mass is 19.1. The number of hydrazine groups is 2. The van der Waals surface area contributed by atoms with Gasteiger partial charge in [-0.05, 0) is 34.7 Å². The second-order valence-corrected chi connectivity index (χ2v) is 9.03. The van der Waals surface area contributed by atoms with Gasteiger partial charge in [-0.2, -0.15) is 5.53 Å². The minimum Gasteiger partial charge on any atom is -0.384 e. The van der Waals surface area contributed by atoms with Crippen LogP contribution in [0.1, 0.15) is 55.3 Å². The van der Waals surface area contributed by atoms with Crippen molar-refractivity contribution < 1.29 is 18.4 Å². The molecule has 4 rings (SSSR count). The molecule has 1 unspecified atom stereocenters. The molecule has 0 radical (unpaired) electrons. The molecule has 1 fully saturated rings. The van der Waals surface area contributed by atoms with E-state index >= 15 is 0 Å². The van der Waals surface area contributed by atoms with Crippen LogP contribution in [0.15, 0.2) is 48.4 Å². The van der Waals surface area contributed by atoms with Gasteiger partial charge in [-0.3, -0.25) is 9.59 Å². The van der Waals surface area contributed by atoms with E-state index in [0.29, 0.717) is 28.2 Å². The summed E-state index contributed by atoms with van der Waals surface area (Å²) in [6.45, 7) is 3.62. The lowest BCUT2D eigenvalue weighted by molar-refractivity contribution is -0.138. The summed E-state index contributed by atoms with van der Waals surface area (Å²) in [4.78, 5) is 31.5. The number of rotatable bonds is 7. The minimum atomic E-state index is -1.32. The van der Waals surface area contributed by atoms with E-state index in [-0.39, 0.29) is 37.0 Å². The van der Waals surface area contributed by atoms with Crippen LogP contribution in [0.5, 0.6) is 0 Å². The molecule has 0 spiro atoms. The lowest BCUT2D eigenvalue weighted by Gasteiger charge is -2.27. The van der Waals surface area contributed by atoms with Gasteiger partial charge in [-0.1, -0.05) is 32.0 Å². The molecule has 1 saturated heterocycles. The monoisotopic (exact) mass is 485 g/mol. The number of amides is 2. The number of halogens is 2. The Labute approximate surface area is 202 Å². The summed E-state index contributed by atoms with van der Waals surface area (Å²) in [5, 5.41) is 2.88. The van der Waals surface area contributed by atoms with Crippen molar-refractivity contribution in [1.82, 2.24) is 31.6 Å². The summed E-state index contributed by atoms with van der Waals surface area (Å²) < 4.78 is 29.2. The number of alkyl halides is 1. The molecule has 2 aliphatic rings. The normalized spacial score (nSPS) is 20.3. The first kappa shape index (κ1) is 24.4. The number of hydrogen-bond donors (Lipinski definition) is 5. The molecule has 2 aromatic rings. The average Bonchev–Trinajstić information content (AvgIpc) is 3.47. The molecule has 0 bridgehead atoms. The van der Waals surface area contributed by atoms with E-state index in [0.717, 1.165) is 0 Å². The summed E-state index contributed by atoms with van der Waals surface area (Å²) in [6, 6.07) is 6.32. The first-order valence-electron chi connectivity index (χ1n) is 11.4. The van der Waals surface area contributed by atoms with Crippen molar-refractivity contribution in [2.45, 2.75) is 50.9 Å². The number of likely N-dealkylation sites (tertiary alicyclic amines) is 1. The summed E-state index contributed by atoms with van der Waals surface area (Å²) in [5.74, 6) is -1.01. The van der Waals surface area contributed by atoms with Crippen LogP contribution < -0.4 is 27.4 Å². The zero-order valence-electron chi connectivity index (χ0n) is 19.5. The number of nitrogens with one attached hydrogen (secondary N) is 4. The fourth-order valence-corrected chi connectivity index (χ4v) is 4.32. The van der Waals surface area contributed by atoms with Crippen molar-refractivity contribution in [1.29, 1.82) is 0 Å². The van der Waals surface area contributed by atoms with E-state index in [4.69, 9.17) is 5.73 Å². The van der Waals surface area contributed by atoms with Crippen LogP contribution in [-0.2, 0) is 9.59 Å². The highest BCUT2D eigenvalue weighted by molar-refractivity contribution is 5.89. The predicted molar refractivity (Wildman–Crippen MR) is 126 cm³/mol. The molecule has 186 valence electrons. The van der Waals surface area contributed by atoms with Gasteiger partial charge in [0.1, 0.15) is 23.8 Å². The lowest BCUT2D eigenvalue weighted by Crippen LogP contribution is -2.47. The summed E-state index contributed by atoms with van der Waals surface area (Å²) >= 11 is 0. The SMILES string of the molecule is CC(C)c1ccc(C(NC(=O)[C@@H]2C[C@@H](F)CN2C(=O)CC2=CNNN2)c2ccc(N)nc2)cc1F. The van der Waals surface area contributed by atoms with Crippen LogP contribution in [-0.4, -0.2) is 40.5 Å². The van der Waals surface area contributed by atoms with Gasteiger partial charge in [-0.15, -0.1) is 0 Å². The Balaban J connectivity index is 1.59. The van der Waals surface area contributed by atoms with E-state index in [1.165, 1.54) is 17.2 Å².